The van der Waals surface area contributed by atoms with Crippen LogP contribution in [0.25, 0.3) is 0 Å². The lowest BCUT2D eigenvalue weighted by Gasteiger charge is -2.40. The third-order valence-electron chi connectivity index (χ3n) is 4.41. The smallest absolute Gasteiger partial charge is 0.408 e. The molecule has 1 amide bonds. The number of thioether (sulfide) groups is 1. The highest BCUT2D eigenvalue weighted by Gasteiger charge is 2.44. The lowest BCUT2D eigenvalue weighted by atomic mass is 10.2. The van der Waals surface area contributed by atoms with E-state index in [1.54, 1.807) is 20.8 Å². The molecule has 0 aliphatic carbocycles. The normalized spacial score (nSPS) is 14.9. The number of ether oxygens (including phenoxy) is 1. The molecule has 0 saturated carbocycles. The minimum Gasteiger partial charge on any atom is -0.479 e. The van der Waals surface area contributed by atoms with Gasteiger partial charge in [-0.25, -0.2) is 9.59 Å². The molecule has 0 fully saturated rings. The lowest BCUT2D eigenvalue weighted by Crippen LogP contribution is -2.54. The fraction of sp³-hybridized carbons (Fsp3) is 0.600. The molecule has 0 aliphatic rings. The summed E-state index contributed by atoms with van der Waals surface area (Å²) in [6, 6.07) is 9.31. The van der Waals surface area contributed by atoms with E-state index in [9.17, 15) is 14.7 Å². The van der Waals surface area contributed by atoms with Gasteiger partial charge in [-0.05, 0) is 51.0 Å². The van der Waals surface area contributed by atoms with Crippen molar-refractivity contribution in [1.29, 1.82) is 0 Å². The number of rotatable bonds is 7. The molecule has 0 radical (unpaired) electrons. The fourth-order valence-electron chi connectivity index (χ4n) is 1.97. The number of hydrogen-bond acceptors (Lipinski definition) is 5. The average molecular weight is 428 g/mol. The summed E-state index contributed by atoms with van der Waals surface area (Å²) in [5.74, 6) is -1.12. The molecule has 0 spiro atoms. The first-order valence-corrected chi connectivity index (χ1v) is 13.0. The number of aliphatic carboxylic acids is 1. The van der Waals surface area contributed by atoms with Crippen molar-refractivity contribution in [3.63, 3.8) is 0 Å². The van der Waals surface area contributed by atoms with Gasteiger partial charge in [-0.15, -0.1) is 0 Å². The van der Waals surface area contributed by atoms with Crippen LogP contribution in [0.4, 0.5) is 4.79 Å². The van der Waals surface area contributed by atoms with Crippen LogP contribution in [-0.4, -0.2) is 42.6 Å². The van der Waals surface area contributed by atoms with Crippen molar-refractivity contribution in [2.45, 2.75) is 81.6 Å². The standard InChI is InChI=1S/C20H33NO5SSi/c1-19(2,3)25-18(24)21-16(27-14-12-10-9-11-13-14)15(17(22)23)26-28(7,8)20(4,5)6/h9-13,15-16H,1-8H3,(H,21,24)(H,22,23)/t15-,16+/m0/s1. The number of hydrogen-bond donors (Lipinski definition) is 2. The number of carbonyl (C=O) groups is 2. The monoisotopic (exact) mass is 427 g/mol. The zero-order valence-corrected chi connectivity index (χ0v) is 19.8. The molecule has 1 aromatic rings. The fourth-order valence-corrected chi connectivity index (χ4v) is 4.35. The molecule has 1 aromatic carbocycles. The van der Waals surface area contributed by atoms with Gasteiger partial charge in [-0.2, -0.15) is 0 Å². The van der Waals surface area contributed by atoms with Gasteiger partial charge in [0.15, 0.2) is 14.4 Å². The zero-order chi connectivity index (χ0) is 21.8. The number of carbonyl (C=O) groups excluding carboxylic acids is 1. The van der Waals surface area contributed by atoms with Gasteiger partial charge in [-0.3, -0.25) is 0 Å². The van der Waals surface area contributed by atoms with Gasteiger partial charge < -0.3 is 19.6 Å². The Balaban J connectivity index is 3.16. The SMILES string of the molecule is CC(C)(C)OC(=O)N[C@H](Sc1ccccc1)[C@H](O[Si](C)(C)C(C)(C)C)C(=O)O. The lowest BCUT2D eigenvalue weighted by molar-refractivity contribution is -0.145. The van der Waals surface area contributed by atoms with Crippen molar-refractivity contribution in [1.82, 2.24) is 5.32 Å². The first kappa shape index (κ1) is 24.5. The Bertz CT molecular complexity index is 667. The summed E-state index contributed by atoms with van der Waals surface area (Å²) in [6.07, 6.45) is -1.88. The van der Waals surface area contributed by atoms with Crippen molar-refractivity contribution >= 4 is 32.1 Å². The van der Waals surface area contributed by atoms with Crippen molar-refractivity contribution in [3.8, 4) is 0 Å². The minimum atomic E-state index is -2.39. The van der Waals surface area contributed by atoms with E-state index in [0.29, 0.717) is 0 Å². The van der Waals surface area contributed by atoms with Crippen LogP contribution in [0, 0.1) is 0 Å². The van der Waals surface area contributed by atoms with Gasteiger partial charge >= 0.3 is 12.1 Å². The second-order valence-electron chi connectivity index (χ2n) is 9.13. The summed E-state index contributed by atoms with van der Waals surface area (Å²) in [7, 11) is -2.39. The Morgan fingerprint density at radius 1 is 1.07 bits per heavy atom. The zero-order valence-electron chi connectivity index (χ0n) is 18.0. The largest absolute Gasteiger partial charge is 0.479 e. The minimum absolute atomic E-state index is 0.172. The van der Waals surface area contributed by atoms with Gasteiger partial charge in [0, 0.05) is 4.90 Å². The Kier molecular flexibility index (Phi) is 8.17. The van der Waals surface area contributed by atoms with Crippen molar-refractivity contribution in [3.05, 3.63) is 30.3 Å². The van der Waals surface area contributed by atoms with Crippen molar-refractivity contribution in [2.24, 2.45) is 0 Å². The number of nitrogens with one attached hydrogen (secondary N) is 1. The second-order valence-corrected chi connectivity index (χ2v) is 15.1. The highest BCUT2D eigenvalue weighted by molar-refractivity contribution is 8.00. The number of amides is 1. The van der Waals surface area contributed by atoms with Crippen LogP contribution in [0.15, 0.2) is 35.2 Å². The van der Waals surface area contributed by atoms with Crippen LogP contribution in [0.2, 0.25) is 18.1 Å². The van der Waals surface area contributed by atoms with Gasteiger partial charge in [0.2, 0.25) is 0 Å². The molecule has 1 rings (SSSR count). The van der Waals surface area contributed by atoms with E-state index in [1.165, 1.54) is 11.8 Å². The molecule has 0 saturated heterocycles. The summed E-state index contributed by atoms with van der Waals surface area (Å²) in [6.45, 7) is 15.4. The predicted octanol–water partition coefficient (Wildman–Crippen LogP) is 5.10. The first-order chi connectivity index (χ1) is 12.6. The van der Waals surface area contributed by atoms with E-state index in [0.717, 1.165) is 4.90 Å². The van der Waals surface area contributed by atoms with Crippen LogP contribution in [0.1, 0.15) is 41.5 Å². The van der Waals surface area contributed by atoms with Gasteiger partial charge in [-0.1, -0.05) is 50.7 Å². The average Bonchev–Trinajstić information content (AvgIpc) is 2.50. The van der Waals surface area contributed by atoms with E-state index >= 15 is 0 Å². The summed E-state index contributed by atoms with van der Waals surface area (Å²) < 4.78 is 11.5. The molecule has 0 unspecified atom stereocenters. The number of carboxylic acids is 1. The molecule has 158 valence electrons. The molecule has 6 nitrogen and oxygen atoms in total. The molecule has 2 atom stereocenters. The predicted molar refractivity (Wildman–Crippen MR) is 115 cm³/mol. The van der Waals surface area contributed by atoms with Crippen molar-refractivity contribution < 1.29 is 23.9 Å². The Hall–Kier alpha value is -1.51. The Morgan fingerprint density at radius 2 is 1.61 bits per heavy atom. The molecular weight excluding hydrogens is 394 g/mol. The molecule has 28 heavy (non-hydrogen) atoms. The van der Waals surface area contributed by atoms with Crippen LogP contribution >= 0.6 is 11.8 Å². The van der Waals surface area contributed by atoms with E-state index < -0.39 is 37.5 Å². The molecule has 0 aromatic heterocycles. The second kappa shape index (κ2) is 9.32. The van der Waals surface area contributed by atoms with Crippen LogP contribution in [0.3, 0.4) is 0 Å². The molecule has 8 heteroatoms. The van der Waals surface area contributed by atoms with Gasteiger partial charge in [0.25, 0.3) is 0 Å². The molecule has 2 N–H and O–H groups in total. The maximum absolute atomic E-state index is 12.4. The molecular formula is C20H33NO5SSi. The maximum atomic E-state index is 12.4. The van der Waals surface area contributed by atoms with Crippen LogP contribution in [-0.2, 0) is 14.0 Å². The maximum Gasteiger partial charge on any atom is 0.408 e. The third-order valence-corrected chi connectivity index (χ3v) is 10.0. The summed E-state index contributed by atoms with van der Waals surface area (Å²) in [4.78, 5) is 25.3. The molecule has 0 bridgehead atoms. The van der Waals surface area contributed by atoms with E-state index in [-0.39, 0.29) is 5.04 Å². The summed E-state index contributed by atoms with van der Waals surface area (Å²) in [5, 5.41) is 11.6. The van der Waals surface area contributed by atoms with Crippen LogP contribution < -0.4 is 5.32 Å². The summed E-state index contributed by atoms with van der Waals surface area (Å²) in [5.41, 5.74) is -0.689. The van der Waals surface area contributed by atoms with E-state index in [4.69, 9.17) is 9.16 Å². The van der Waals surface area contributed by atoms with Crippen LogP contribution in [0.5, 0.6) is 0 Å². The number of carboxylic acid groups (broad SMARTS) is 1. The third kappa shape index (κ3) is 7.85. The van der Waals surface area contributed by atoms with Gasteiger partial charge in [0.05, 0.1) is 0 Å². The first-order valence-electron chi connectivity index (χ1n) is 9.24. The quantitative estimate of drug-likeness (QED) is 0.357. The number of alkyl carbamates (subject to hydrolysis) is 1. The molecule has 0 heterocycles. The highest BCUT2D eigenvalue weighted by Crippen LogP contribution is 2.39. The highest BCUT2D eigenvalue weighted by atomic mass is 32.2. The Labute approximate surface area is 173 Å². The van der Waals surface area contributed by atoms with Gasteiger partial charge in [0.1, 0.15) is 11.0 Å². The summed E-state index contributed by atoms with van der Waals surface area (Å²) >= 11 is 1.24. The van der Waals surface area contributed by atoms with E-state index in [1.807, 2.05) is 64.2 Å². The van der Waals surface area contributed by atoms with Crippen molar-refractivity contribution in [2.75, 3.05) is 0 Å². The van der Waals surface area contributed by atoms with E-state index in [2.05, 4.69) is 5.32 Å². The number of benzene rings is 1. The Morgan fingerprint density at radius 3 is 2.04 bits per heavy atom. The molecule has 0 aliphatic heterocycles. The topological polar surface area (TPSA) is 84.9 Å².